The van der Waals surface area contributed by atoms with Gasteiger partial charge in [0.15, 0.2) is 5.13 Å². The first-order valence-corrected chi connectivity index (χ1v) is 13.0. The van der Waals surface area contributed by atoms with Gasteiger partial charge < -0.3 is 10.0 Å². The number of hydrogen-bond donors (Lipinski definition) is 1. The van der Waals surface area contributed by atoms with E-state index in [-0.39, 0.29) is 6.03 Å². The summed E-state index contributed by atoms with van der Waals surface area (Å²) in [4.78, 5) is 32.9. The van der Waals surface area contributed by atoms with E-state index in [9.17, 15) is 9.90 Å². The lowest BCUT2D eigenvalue weighted by molar-refractivity contribution is 0.136. The Morgan fingerprint density at radius 2 is 1.94 bits per heavy atom. The molecule has 1 aliphatic rings. The third-order valence-corrected chi connectivity index (χ3v) is 7.57. The summed E-state index contributed by atoms with van der Waals surface area (Å²) in [7, 11) is 2.00. The first-order valence-electron chi connectivity index (χ1n) is 12.2. The molecule has 3 aromatic heterocycles. The van der Waals surface area contributed by atoms with Crippen LogP contribution in [0.5, 0.6) is 0 Å². The van der Waals surface area contributed by atoms with Crippen LogP contribution in [0.25, 0.3) is 32.6 Å². The van der Waals surface area contributed by atoms with Crippen molar-refractivity contribution in [3.8, 4) is 22.4 Å². The molecule has 1 unspecified atom stereocenters. The Morgan fingerprint density at radius 1 is 1.11 bits per heavy atom. The number of aromatic nitrogens is 3. The van der Waals surface area contributed by atoms with Crippen molar-refractivity contribution in [1.82, 2.24) is 24.8 Å². The van der Waals surface area contributed by atoms with E-state index >= 15 is 0 Å². The number of rotatable bonds is 6. The summed E-state index contributed by atoms with van der Waals surface area (Å²) in [6.45, 7) is 7.53. The van der Waals surface area contributed by atoms with Crippen LogP contribution in [0.15, 0.2) is 48.8 Å². The van der Waals surface area contributed by atoms with Crippen LogP contribution in [0.4, 0.5) is 9.93 Å². The summed E-state index contributed by atoms with van der Waals surface area (Å²) in [5.41, 5.74) is 6.28. The Kier molecular flexibility index (Phi) is 6.70. The highest BCUT2D eigenvalue weighted by Gasteiger charge is 2.31. The van der Waals surface area contributed by atoms with Crippen LogP contribution in [0.1, 0.15) is 38.1 Å². The molecule has 0 radical (unpaired) electrons. The van der Waals surface area contributed by atoms with Crippen LogP contribution in [0.2, 0.25) is 0 Å². The number of fused-ring (bicyclic) bond motifs is 1. The molecular weight excluding hydrogens is 472 g/mol. The fourth-order valence-corrected chi connectivity index (χ4v) is 5.66. The summed E-state index contributed by atoms with van der Waals surface area (Å²) >= 11 is 1.51. The standard InChI is InChI=1S/C27H30N6O2S/c1-5-18-11-20(14-29-24(18)17(3)34)19-12-21(22-9-7-8-10-28-22)25-23(13-19)30-26(36-25)33-16-31(4)15-32(6-2)27(33)35/h7-14,17,34H,5-6,15-16H2,1-4H3. The SMILES string of the molecule is CCc1cc(-c2cc(-c3ccccn3)c3sc(N4CN(C)CN(CC)C4=O)nc3c2)cnc1C(C)O. The molecule has 0 spiro atoms. The van der Waals surface area contributed by atoms with Crippen molar-refractivity contribution < 1.29 is 9.90 Å². The van der Waals surface area contributed by atoms with Gasteiger partial charge in [0.25, 0.3) is 0 Å². The lowest BCUT2D eigenvalue weighted by Crippen LogP contribution is -2.56. The lowest BCUT2D eigenvalue weighted by Gasteiger charge is -2.38. The molecule has 1 saturated heterocycles. The number of benzene rings is 1. The quantitative estimate of drug-likeness (QED) is 0.393. The maximum absolute atomic E-state index is 13.1. The van der Waals surface area contributed by atoms with Gasteiger partial charge >= 0.3 is 6.03 Å². The van der Waals surface area contributed by atoms with Crippen LogP contribution >= 0.6 is 11.3 Å². The molecule has 1 fully saturated rings. The highest BCUT2D eigenvalue weighted by atomic mass is 32.1. The summed E-state index contributed by atoms with van der Waals surface area (Å²) < 4.78 is 0.987. The third kappa shape index (κ3) is 4.45. The fourth-order valence-electron chi connectivity index (χ4n) is 4.60. The fraction of sp³-hybridized carbons (Fsp3) is 0.333. The maximum atomic E-state index is 13.1. The predicted molar refractivity (Wildman–Crippen MR) is 144 cm³/mol. The molecule has 0 aliphatic carbocycles. The van der Waals surface area contributed by atoms with Crippen LogP contribution < -0.4 is 4.90 Å². The van der Waals surface area contributed by atoms with E-state index in [1.54, 1.807) is 24.2 Å². The number of hydrogen-bond acceptors (Lipinski definition) is 7. The number of urea groups is 1. The minimum atomic E-state index is -0.621. The van der Waals surface area contributed by atoms with E-state index in [1.165, 1.54) is 11.3 Å². The second kappa shape index (κ2) is 9.93. The Morgan fingerprint density at radius 3 is 2.64 bits per heavy atom. The van der Waals surface area contributed by atoms with Crippen LogP contribution in [-0.2, 0) is 6.42 Å². The first-order chi connectivity index (χ1) is 17.4. The van der Waals surface area contributed by atoms with Crippen molar-refractivity contribution in [3.63, 3.8) is 0 Å². The molecular formula is C27H30N6O2S. The monoisotopic (exact) mass is 502 g/mol. The average molecular weight is 503 g/mol. The summed E-state index contributed by atoms with van der Waals surface area (Å²) in [6.07, 6.45) is 3.74. The van der Waals surface area contributed by atoms with Gasteiger partial charge in [0.1, 0.15) is 0 Å². The number of thiazole rings is 1. The number of carbonyl (C=O) groups is 1. The summed E-state index contributed by atoms with van der Waals surface area (Å²) in [5.74, 6) is 0. The van der Waals surface area contributed by atoms with Gasteiger partial charge in [-0.15, -0.1) is 0 Å². The van der Waals surface area contributed by atoms with Gasteiger partial charge in [-0.25, -0.2) is 9.78 Å². The van der Waals surface area contributed by atoms with Crippen LogP contribution in [0.3, 0.4) is 0 Å². The molecule has 9 heteroatoms. The van der Waals surface area contributed by atoms with E-state index in [0.29, 0.717) is 30.7 Å². The van der Waals surface area contributed by atoms with Gasteiger partial charge in [-0.2, -0.15) is 0 Å². The topological polar surface area (TPSA) is 85.7 Å². The van der Waals surface area contributed by atoms with Gasteiger partial charge in [0.05, 0.1) is 41.0 Å². The molecule has 0 bridgehead atoms. The average Bonchev–Trinajstić information content (AvgIpc) is 3.33. The predicted octanol–water partition coefficient (Wildman–Crippen LogP) is 5.14. The molecule has 1 aromatic carbocycles. The molecule has 186 valence electrons. The minimum absolute atomic E-state index is 0.0280. The first kappa shape index (κ1) is 24.3. The third-order valence-electron chi connectivity index (χ3n) is 6.44. The van der Waals surface area contributed by atoms with Gasteiger partial charge in [-0.05, 0) is 68.8 Å². The van der Waals surface area contributed by atoms with Gasteiger partial charge in [-0.1, -0.05) is 24.3 Å². The number of aliphatic hydroxyl groups excluding tert-OH is 1. The molecule has 4 aromatic rings. The second-order valence-electron chi connectivity index (χ2n) is 9.09. The largest absolute Gasteiger partial charge is 0.387 e. The maximum Gasteiger partial charge on any atom is 0.328 e. The molecule has 8 nitrogen and oxygen atoms in total. The highest BCUT2D eigenvalue weighted by molar-refractivity contribution is 7.23. The Hall–Kier alpha value is -3.40. The number of aliphatic hydroxyl groups is 1. The van der Waals surface area contributed by atoms with E-state index in [4.69, 9.17) is 4.98 Å². The molecule has 5 rings (SSSR count). The zero-order valence-electron chi connectivity index (χ0n) is 21.0. The molecule has 1 aliphatic heterocycles. The van der Waals surface area contributed by atoms with E-state index in [0.717, 1.165) is 44.6 Å². The zero-order valence-corrected chi connectivity index (χ0v) is 21.8. The number of anilines is 1. The summed E-state index contributed by atoms with van der Waals surface area (Å²) in [6, 6.07) is 12.1. The Labute approximate surface area is 214 Å². The Bertz CT molecular complexity index is 1400. The summed E-state index contributed by atoms with van der Waals surface area (Å²) in [5, 5.41) is 10.8. The molecule has 0 saturated carbocycles. The van der Waals surface area contributed by atoms with Crippen molar-refractivity contribution >= 4 is 32.7 Å². The van der Waals surface area contributed by atoms with E-state index in [2.05, 4.69) is 40.0 Å². The van der Waals surface area contributed by atoms with Gasteiger partial charge in [0, 0.05) is 30.1 Å². The number of aryl methyl sites for hydroxylation is 1. The smallest absolute Gasteiger partial charge is 0.328 e. The second-order valence-corrected chi connectivity index (χ2v) is 10.1. The molecule has 36 heavy (non-hydrogen) atoms. The number of pyridine rings is 2. The van der Waals surface area contributed by atoms with E-state index in [1.807, 2.05) is 37.1 Å². The molecule has 1 atom stereocenters. The number of amides is 2. The van der Waals surface area contributed by atoms with Gasteiger partial charge in [0.2, 0.25) is 0 Å². The normalized spacial score (nSPS) is 15.6. The van der Waals surface area contributed by atoms with Crippen molar-refractivity contribution in [2.24, 2.45) is 0 Å². The minimum Gasteiger partial charge on any atom is -0.387 e. The van der Waals surface area contributed by atoms with Crippen molar-refractivity contribution in [3.05, 3.63) is 60.0 Å². The van der Waals surface area contributed by atoms with Crippen molar-refractivity contribution in [2.75, 3.05) is 31.8 Å². The Balaban J connectivity index is 1.67. The molecule has 1 N–H and O–H groups in total. The molecule has 4 heterocycles. The number of carbonyl (C=O) groups excluding carboxylic acids is 1. The highest BCUT2D eigenvalue weighted by Crippen LogP contribution is 2.40. The van der Waals surface area contributed by atoms with Crippen LogP contribution in [-0.4, -0.2) is 62.8 Å². The van der Waals surface area contributed by atoms with Crippen molar-refractivity contribution in [1.29, 1.82) is 0 Å². The van der Waals surface area contributed by atoms with Crippen molar-refractivity contribution in [2.45, 2.75) is 33.3 Å². The molecule has 2 amide bonds. The van der Waals surface area contributed by atoms with Gasteiger partial charge in [-0.3, -0.25) is 19.8 Å². The number of nitrogens with zero attached hydrogens (tertiary/aromatic N) is 6. The van der Waals surface area contributed by atoms with E-state index < -0.39 is 6.10 Å². The zero-order chi connectivity index (χ0) is 25.4. The lowest BCUT2D eigenvalue weighted by atomic mass is 9.98. The van der Waals surface area contributed by atoms with Crippen LogP contribution in [0, 0.1) is 0 Å².